The first-order chi connectivity index (χ1) is 14.1. The molecule has 0 aromatic heterocycles. The van der Waals surface area contributed by atoms with Gasteiger partial charge in [0.15, 0.2) is 17.3 Å². The van der Waals surface area contributed by atoms with Crippen LogP contribution in [0.3, 0.4) is 0 Å². The molecule has 7 heteroatoms. The van der Waals surface area contributed by atoms with Crippen LogP contribution >= 0.6 is 0 Å². The molecular weight excluding hydrogens is 374 g/mol. The van der Waals surface area contributed by atoms with Gasteiger partial charge in [0, 0.05) is 17.7 Å². The maximum absolute atomic E-state index is 13.2. The lowest BCUT2D eigenvalue weighted by Gasteiger charge is -2.26. The molecule has 1 saturated heterocycles. The number of ketones is 1. The van der Waals surface area contributed by atoms with Crippen molar-refractivity contribution in [2.24, 2.45) is 0 Å². The zero-order valence-electron chi connectivity index (χ0n) is 16.5. The number of fused-ring (bicyclic) bond motifs is 1. The van der Waals surface area contributed by atoms with Gasteiger partial charge >= 0.3 is 0 Å². The first kappa shape index (κ1) is 19.1. The molecule has 0 aliphatic carbocycles. The molecule has 0 unspecified atom stereocenters. The van der Waals surface area contributed by atoms with E-state index in [1.165, 1.54) is 7.11 Å². The number of methoxy groups -OCH3 is 2. The normalized spacial score (nSPS) is 17.7. The third-order valence-electron chi connectivity index (χ3n) is 5.27. The third-order valence-corrected chi connectivity index (χ3v) is 5.27. The third kappa shape index (κ3) is 3.60. The smallest absolute Gasteiger partial charge is 0.254 e. The summed E-state index contributed by atoms with van der Waals surface area (Å²) in [6, 6.07) is 9.77. The average molecular weight is 397 g/mol. The predicted octanol–water partition coefficient (Wildman–Crippen LogP) is 2.96. The van der Waals surface area contributed by atoms with Gasteiger partial charge in [-0.05, 0) is 49.2 Å². The molecular formula is C22H23NO6. The zero-order valence-corrected chi connectivity index (χ0v) is 16.5. The summed E-state index contributed by atoms with van der Waals surface area (Å²) in [6.07, 6.45) is 1.41. The quantitative estimate of drug-likeness (QED) is 0.722. The van der Waals surface area contributed by atoms with Gasteiger partial charge in [-0.25, -0.2) is 0 Å². The summed E-state index contributed by atoms with van der Waals surface area (Å²) in [5.41, 5.74) is 0.982. The Labute approximate surface area is 169 Å². The molecule has 0 N–H and O–H groups in total. The second kappa shape index (κ2) is 8.03. The van der Waals surface area contributed by atoms with E-state index in [1.54, 1.807) is 48.4 Å². The first-order valence-electron chi connectivity index (χ1n) is 9.59. The van der Waals surface area contributed by atoms with E-state index >= 15 is 0 Å². The Morgan fingerprint density at radius 3 is 2.48 bits per heavy atom. The molecule has 7 nitrogen and oxygen atoms in total. The summed E-state index contributed by atoms with van der Waals surface area (Å²) in [7, 11) is 3.10. The Morgan fingerprint density at radius 1 is 1.00 bits per heavy atom. The van der Waals surface area contributed by atoms with Crippen LogP contribution in [0.5, 0.6) is 23.0 Å². The largest absolute Gasteiger partial charge is 0.497 e. The van der Waals surface area contributed by atoms with Gasteiger partial charge in [-0.2, -0.15) is 0 Å². The van der Waals surface area contributed by atoms with Crippen LogP contribution < -0.4 is 18.9 Å². The van der Waals surface area contributed by atoms with Gasteiger partial charge in [0.2, 0.25) is 5.75 Å². The van der Waals surface area contributed by atoms with Crippen LogP contribution in [-0.4, -0.2) is 56.6 Å². The second-order valence-corrected chi connectivity index (χ2v) is 6.95. The molecule has 0 bridgehead atoms. The van der Waals surface area contributed by atoms with E-state index in [0.29, 0.717) is 60.3 Å². The molecule has 2 heterocycles. The number of rotatable bonds is 5. The van der Waals surface area contributed by atoms with Crippen molar-refractivity contribution in [1.82, 2.24) is 4.90 Å². The highest BCUT2D eigenvalue weighted by molar-refractivity contribution is 6.05. The number of hydrogen-bond acceptors (Lipinski definition) is 6. The maximum Gasteiger partial charge on any atom is 0.254 e. The van der Waals surface area contributed by atoms with Crippen LogP contribution in [0, 0.1) is 0 Å². The van der Waals surface area contributed by atoms with Crippen molar-refractivity contribution in [2.75, 3.05) is 34.0 Å². The molecule has 0 radical (unpaired) electrons. The molecule has 1 fully saturated rings. The molecule has 2 aliphatic heterocycles. The van der Waals surface area contributed by atoms with E-state index in [-0.39, 0.29) is 11.7 Å². The number of Topliss-reactive ketones (excluding diaryl/α,β-unsaturated/α-hetero) is 1. The number of carbonyl (C=O) groups excluding carboxylic acids is 2. The van der Waals surface area contributed by atoms with Crippen LogP contribution in [0.4, 0.5) is 0 Å². The van der Waals surface area contributed by atoms with E-state index < -0.39 is 6.04 Å². The highest BCUT2D eigenvalue weighted by Crippen LogP contribution is 2.41. The minimum atomic E-state index is -0.491. The monoisotopic (exact) mass is 397 g/mol. The highest BCUT2D eigenvalue weighted by atomic mass is 16.6. The van der Waals surface area contributed by atoms with Crippen molar-refractivity contribution in [1.29, 1.82) is 0 Å². The van der Waals surface area contributed by atoms with Crippen LogP contribution in [-0.2, 0) is 0 Å². The number of amides is 1. The lowest BCUT2D eigenvalue weighted by molar-refractivity contribution is 0.0670. The first-order valence-corrected chi connectivity index (χ1v) is 9.59. The molecule has 2 aliphatic rings. The van der Waals surface area contributed by atoms with E-state index in [9.17, 15) is 9.59 Å². The van der Waals surface area contributed by atoms with Crippen molar-refractivity contribution in [2.45, 2.75) is 18.9 Å². The molecule has 4 rings (SSSR count). The standard InChI is InChI=1S/C22H23NO6/c1-26-16-7-5-14(6-8-16)20(24)17-4-3-9-23(17)22(25)15-12-18(27-2)21-19(13-15)28-10-11-29-21/h5-8,12-13,17H,3-4,9-11H2,1-2H3/t17-/m1/s1. The van der Waals surface area contributed by atoms with Crippen molar-refractivity contribution in [3.05, 3.63) is 47.5 Å². The number of likely N-dealkylation sites (tertiary alicyclic amines) is 1. The van der Waals surface area contributed by atoms with Crippen LogP contribution in [0.25, 0.3) is 0 Å². The molecule has 0 saturated carbocycles. The molecule has 152 valence electrons. The Balaban J connectivity index is 1.60. The summed E-state index contributed by atoms with van der Waals surface area (Å²) >= 11 is 0. The Morgan fingerprint density at radius 2 is 1.76 bits per heavy atom. The zero-order chi connectivity index (χ0) is 20.4. The Kier molecular flexibility index (Phi) is 5.29. The van der Waals surface area contributed by atoms with Gasteiger partial charge < -0.3 is 23.8 Å². The topological polar surface area (TPSA) is 74.3 Å². The molecule has 0 spiro atoms. The van der Waals surface area contributed by atoms with E-state index in [1.807, 2.05) is 0 Å². The van der Waals surface area contributed by atoms with Crippen molar-refractivity contribution >= 4 is 11.7 Å². The van der Waals surface area contributed by atoms with E-state index in [2.05, 4.69) is 0 Å². The lowest BCUT2D eigenvalue weighted by Crippen LogP contribution is -2.40. The number of carbonyl (C=O) groups is 2. The second-order valence-electron chi connectivity index (χ2n) is 6.95. The van der Waals surface area contributed by atoms with Crippen molar-refractivity contribution < 1.29 is 28.5 Å². The highest BCUT2D eigenvalue weighted by Gasteiger charge is 2.35. The predicted molar refractivity (Wildman–Crippen MR) is 105 cm³/mol. The molecule has 2 aromatic rings. The van der Waals surface area contributed by atoms with Gasteiger partial charge in [-0.15, -0.1) is 0 Å². The SMILES string of the molecule is COc1ccc(C(=O)[C@H]2CCCN2C(=O)c2cc(OC)c3c(c2)OCCO3)cc1. The Hall–Kier alpha value is -3.22. The number of benzene rings is 2. The van der Waals surface area contributed by atoms with Gasteiger partial charge in [0.05, 0.1) is 20.3 Å². The van der Waals surface area contributed by atoms with Crippen molar-refractivity contribution in [3.8, 4) is 23.0 Å². The fraction of sp³-hybridized carbons (Fsp3) is 0.364. The number of nitrogens with zero attached hydrogens (tertiary/aromatic N) is 1. The summed E-state index contributed by atoms with van der Waals surface area (Å²) in [5.74, 6) is 1.83. The van der Waals surface area contributed by atoms with Crippen molar-refractivity contribution in [3.63, 3.8) is 0 Å². The van der Waals surface area contributed by atoms with Crippen LogP contribution in [0.15, 0.2) is 36.4 Å². The number of ether oxygens (including phenoxy) is 4. The maximum atomic E-state index is 13.2. The summed E-state index contributed by atoms with van der Waals surface area (Å²) in [5, 5.41) is 0. The van der Waals surface area contributed by atoms with Gasteiger partial charge in [0.25, 0.3) is 5.91 Å². The fourth-order valence-corrected chi connectivity index (χ4v) is 3.79. The summed E-state index contributed by atoms with van der Waals surface area (Å²) in [6.45, 7) is 1.37. The van der Waals surface area contributed by atoms with Gasteiger partial charge in [-0.1, -0.05) is 0 Å². The average Bonchev–Trinajstić information content (AvgIpc) is 3.27. The molecule has 29 heavy (non-hydrogen) atoms. The minimum Gasteiger partial charge on any atom is -0.497 e. The van der Waals surface area contributed by atoms with Gasteiger partial charge in [0.1, 0.15) is 19.0 Å². The molecule has 2 aromatic carbocycles. The van der Waals surface area contributed by atoms with E-state index in [4.69, 9.17) is 18.9 Å². The van der Waals surface area contributed by atoms with Crippen LogP contribution in [0.1, 0.15) is 33.6 Å². The van der Waals surface area contributed by atoms with E-state index in [0.717, 1.165) is 6.42 Å². The molecule has 1 amide bonds. The Bertz CT molecular complexity index is 906. The van der Waals surface area contributed by atoms with Crippen LogP contribution in [0.2, 0.25) is 0 Å². The van der Waals surface area contributed by atoms with Gasteiger partial charge in [-0.3, -0.25) is 9.59 Å². The number of hydrogen-bond donors (Lipinski definition) is 0. The minimum absolute atomic E-state index is 0.0667. The summed E-state index contributed by atoms with van der Waals surface area (Å²) in [4.78, 5) is 27.9. The fourth-order valence-electron chi connectivity index (χ4n) is 3.79. The summed E-state index contributed by atoms with van der Waals surface area (Å²) < 4.78 is 21.8. The molecule has 1 atom stereocenters. The lowest BCUT2D eigenvalue weighted by atomic mass is 10.0.